The Morgan fingerprint density at radius 2 is 1.72 bits per heavy atom. The van der Waals surface area contributed by atoms with E-state index in [2.05, 4.69) is 5.32 Å². The maximum atomic E-state index is 11.9. The van der Waals surface area contributed by atoms with Crippen LogP contribution in [0.15, 0.2) is 53.4 Å². The topological polar surface area (TPSA) is 89.3 Å². The lowest BCUT2D eigenvalue weighted by molar-refractivity contribution is -0.121. The largest absolute Gasteiger partial charge is 0.356 e. The fraction of sp³-hybridized carbons (Fsp3) is 0.278. The van der Waals surface area contributed by atoms with Gasteiger partial charge in [0.15, 0.2) is 0 Å². The van der Waals surface area contributed by atoms with Gasteiger partial charge in [-0.3, -0.25) is 4.79 Å². The zero-order valence-electron chi connectivity index (χ0n) is 13.7. The number of hydrogen-bond acceptors (Lipinski definition) is 3. The fourth-order valence-corrected chi connectivity index (χ4v) is 3.17. The first-order valence-corrected chi connectivity index (χ1v) is 9.90. The number of aryl methyl sites for hydroxylation is 1. The van der Waals surface area contributed by atoms with Crippen LogP contribution in [0.4, 0.5) is 0 Å². The maximum absolute atomic E-state index is 11.9. The summed E-state index contributed by atoms with van der Waals surface area (Å²) in [5, 5.41) is 8.64. The van der Waals surface area contributed by atoms with E-state index in [0.29, 0.717) is 19.4 Å². The van der Waals surface area contributed by atoms with Crippen molar-refractivity contribution in [2.45, 2.75) is 30.6 Å². The van der Waals surface area contributed by atoms with Crippen LogP contribution in [0.25, 0.3) is 0 Å². The summed E-state index contributed by atoms with van der Waals surface area (Å²) >= 11 is 6.08. The number of nitrogens with one attached hydrogen (secondary N) is 1. The number of primary sulfonamides is 1. The minimum Gasteiger partial charge on any atom is -0.356 e. The molecule has 0 atom stereocenters. The first kappa shape index (κ1) is 19.4. The molecular formula is C18H21ClN2O3S. The minimum absolute atomic E-state index is 0.00629. The Morgan fingerprint density at radius 3 is 2.36 bits per heavy atom. The van der Waals surface area contributed by atoms with E-state index < -0.39 is 10.0 Å². The van der Waals surface area contributed by atoms with E-state index in [0.717, 1.165) is 29.0 Å². The van der Waals surface area contributed by atoms with Crippen molar-refractivity contribution in [2.75, 3.05) is 6.54 Å². The summed E-state index contributed by atoms with van der Waals surface area (Å²) in [6.45, 7) is 0.500. The van der Waals surface area contributed by atoms with Crippen molar-refractivity contribution < 1.29 is 13.2 Å². The summed E-state index contributed by atoms with van der Waals surface area (Å²) in [5.74, 6) is -0.00629. The molecule has 0 radical (unpaired) electrons. The van der Waals surface area contributed by atoms with Crippen LogP contribution in [0, 0.1) is 0 Å². The second-order valence-corrected chi connectivity index (χ2v) is 7.70. The Kier molecular flexibility index (Phi) is 6.99. The Labute approximate surface area is 153 Å². The molecule has 0 aromatic heterocycles. The molecule has 0 aliphatic rings. The summed E-state index contributed by atoms with van der Waals surface area (Å²) in [7, 11) is -3.67. The van der Waals surface area contributed by atoms with Crippen molar-refractivity contribution in [1.82, 2.24) is 5.32 Å². The second kappa shape index (κ2) is 8.99. The van der Waals surface area contributed by atoms with E-state index >= 15 is 0 Å². The summed E-state index contributed by atoms with van der Waals surface area (Å²) in [5.41, 5.74) is 1.98. The molecule has 0 saturated heterocycles. The first-order chi connectivity index (χ1) is 11.9. The SMILES string of the molecule is NS(=O)(=O)c1ccc(CCNC(=O)CCCc2ccccc2Cl)cc1. The first-order valence-electron chi connectivity index (χ1n) is 7.98. The number of halogens is 1. The van der Waals surface area contributed by atoms with Crippen molar-refractivity contribution in [3.8, 4) is 0 Å². The summed E-state index contributed by atoms with van der Waals surface area (Å²) in [4.78, 5) is 11.9. The summed E-state index contributed by atoms with van der Waals surface area (Å²) in [6, 6.07) is 14.0. The molecule has 0 fully saturated rings. The number of benzene rings is 2. The molecule has 0 spiro atoms. The van der Waals surface area contributed by atoms with Crippen molar-refractivity contribution in [3.63, 3.8) is 0 Å². The van der Waals surface area contributed by atoms with Gasteiger partial charge in [0, 0.05) is 18.0 Å². The number of rotatable bonds is 8. The van der Waals surface area contributed by atoms with Crippen molar-refractivity contribution in [3.05, 3.63) is 64.7 Å². The van der Waals surface area contributed by atoms with Crippen LogP contribution >= 0.6 is 11.6 Å². The molecule has 0 aliphatic heterocycles. The molecule has 134 valence electrons. The van der Waals surface area contributed by atoms with Crippen LogP contribution in [-0.4, -0.2) is 20.9 Å². The number of carbonyl (C=O) groups excluding carboxylic acids is 1. The summed E-state index contributed by atoms with van der Waals surface area (Å²) in [6.07, 6.45) is 2.57. The molecule has 0 unspecified atom stereocenters. The molecule has 1 amide bonds. The monoisotopic (exact) mass is 380 g/mol. The molecule has 0 saturated carbocycles. The van der Waals surface area contributed by atoms with Crippen LogP contribution < -0.4 is 10.5 Å². The Morgan fingerprint density at radius 1 is 1.04 bits per heavy atom. The van der Waals surface area contributed by atoms with Gasteiger partial charge in [-0.05, 0) is 48.6 Å². The molecule has 2 rings (SSSR count). The van der Waals surface area contributed by atoms with Crippen LogP contribution in [0.3, 0.4) is 0 Å². The highest BCUT2D eigenvalue weighted by Crippen LogP contribution is 2.17. The molecule has 2 aromatic carbocycles. The fourth-order valence-electron chi connectivity index (χ4n) is 2.42. The minimum atomic E-state index is -3.67. The highest BCUT2D eigenvalue weighted by molar-refractivity contribution is 7.89. The lowest BCUT2D eigenvalue weighted by Crippen LogP contribution is -2.25. The Hall–Kier alpha value is -1.89. The molecule has 0 heterocycles. The number of amides is 1. The average molecular weight is 381 g/mol. The van der Waals surface area contributed by atoms with E-state index in [1.807, 2.05) is 24.3 Å². The van der Waals surface area contributed by atoms with Crippen LogP contribution in [0.2, 0.25) is 5.02 Å². The number of carbonyl (C=O) groups is 1. The number of sulfonamides is 1. The van der Waals surface area contributed by atoms with Gasteiger partial charge < -0.3 is 5.32 Å². The normalized spacial score (nSPS) is 11.3. The molecule has 3 N–H and O–H groups in total. The molecule has 25 heavy (non-hydrogen) atoms. The third-order valence-corrected chi connectivity index (χ3v) is 5.09. The van der Waals surface area contributed by atoms with E-state index in [1.54, 1.807) is 12.1 Å². The van der Waals surface area contributed by atoms with E-state index in [1.165, 1.54) is 12.1 Å². The quantitative estimate of drug-likeness (QED) is 0.737. The predicted octanol–water partition coefficient (Wildman–Crippen LogP) is 2.67. The lowest BCUT2D eigenvalue weighted by atomic mass is 10.1. The third kappa shape index (κ3) is 6.49. The van der Waals surface area contributed by atoms with Gasteiger partial charge in [0.05, 0.1) is 4.90 Å². The Balaban J connectivity index is 1.69. The molecule has 5 nitrogen and oxygen atoms in total. The zero-order valence-corrected chi connectivity index (χ0v) is 15.3. The molecular weight excluding hydrogens is 360 g/mol. The Bertz CT molecular complexity index is 820. The third-order valence-electron chi connectivity index (χ3n) is 3.80. The average Bonchev–Trinajstić information content (AvgIpc) is 2.56. The molecule has 2 aromatic rings. The van der Waals surface area contributed by atoms with Gasteiger partial charge in [0.25, 0.3) is 0 Å². The standard InChI is InChI=1S/C18H21ClN2O3S/c19-17-6-2-1-4-15(17)5-3-7-18(22)21-13-12-14-8-10-16(11-9-14)25(20,23)24/h1-2,4,6,8-11H,3,5,7,12-13H2,(H,21,22)(H2,20,23,24). The van der Waals surface area contributed by atoms with Gasteiger partial charge >= 0.3 is 0 Å². The van der Waals surface area contributed by atoms with E-state index in [-0.39, 0.29) is 10.8 Å². The molecule has 7 heteroatoms. The van der Waals surface area contributed by atoms with Gasteiger partial charge in [-0.15, -0.1) is 0 Å². The summed E-state index contributed by atoms with van der Waals surface area (Å²) < 4.78 is 22.4. The van der Waals surface area contributed by atoms with Crippen molar-refractivity contribution in [1.29, 1.82) is 0 Å². The molecule has 0 aliphatic carbocycles. The lowest BCUT2D eigenvalue weighted by Gasteiger charge is -2.07. The van der Waals surface area contributed by atoms with Crippen molar-refractivity contribution in [2.24, 2.45) is 5.14 Å². The van der Waals surface area contributed by atoms with Gasteiger partial charge in [-0.1, -0.05) is 41.9 Å². The van der Waals surface area contributed by atoms with Gasteiger partial charge in [0.1, 0.15) is 0 Å². The van der Waals surface area contributed by atoms with Gasteiger partial charge in [-0.2, -0.15) is 0 Å². The van der Waals surface area contributed by atoms with Crippen LogP contribution in [0.5, 0.6) is 0 Å². The van der Waals surface area contributed by atoms with Gasteiger partial charge in [0.2, 0.25) is 15.9 Å². The highest BCUT2D eigenvalue weighted by atomic mass is 35.5. The number of hydrogen-bond donors (Lipinski definition) is 2. The number of nitrogens with two attached hydrogens (primary N) is 1. The predicted molar refractivity (Wildman–Crippen MR) is 98.9 cm³/mol. The smallest absolute Gasteiger partial charge is 0.238 e. The van der Waals surface area contributed by atoms with Crippen LogP contribution in [-0.2, 0) is 27.7 Å². The van der Waals surface area contributed by atoms with Crippen molar-refractivity contribution >= 4 is 27.5 Å². The van der Waals surface area contributed by atoms with Crippen LogP contribution in [0.1, 0.15) is 24.0 Å². The zero-order chi connectivity index (χ0) is 18.3. The maximum Gasteiger partial charge on any atom is 0.238 e. The van der Waals surface area contributed by atoms with E-state index in [4.69, 9.17) is 16.7 Å². The molecule has 0 bridgehead atoms. The van der Waals surface area contributed by atoms with E-state index in [9.17, 15) is 13.2 Å². The van der Waals surface area contributed by atoms with Gasteiger partial charge in [-0.25, -0.2) is 13.6 Å². The second-order valence-electron chi connectivity index (χ2n) is 5.73. The highest BCUT2D eigenvalue weighted by Gasteiger charge is 2.07.